The molecule has 2 aliphatic rings. The normalized spacial score (nSPS) is 25.6. The standard InChI is InChI=1S/C17H18ClNO2/c1-9-4-5-12(18)8-15(9)19-16(20)13-6-10(2)11(3)7-14(13)17(19)21/h4-5,8,13-14H,6-7H2,1-3H3. The second-order valence-electron chi connectivity index (χ2n) is 6.12. The van der Waals surface area contributed by atoms with Crippen LogP contribution in [0.3, 0.4) is 0 Å². The van der Waals surface area contributed by atoms with Gasteiger partial charge >= 0.3 is 0 Å². The second kappa shape index (κ2) is 4.99. The fraction of sp³-hybridized carbons (Fsp3) is 0.412. The molecule has 1 aromatic rings. The number of halogens is 1. The largest absolute Gasteiger partial charge is 0.274 e. The second-order valence-corrected chi connectivity index (χ2v) is 6.56. The van der Waals surface area contributed by atoms with Gasteiger partial charge in [0.25, 0.3) is 0 Å². The van der Waals surface area contributed by atoms with Crippen LogP contribution in [0.2, 0.25) is 5.02 Å². The molecule has 2 unspecified atom stereocenters. The summed E-state index contributed by atoms with van der Waals surface area (Å²) in [5.41, 5.74) is 3.99. The molecule has 0 N–H and O–H groups in total. The lowest BCUT2D eigenvalue weighted by Gasteiger charge is -2.23. The summed E-state index contributed by atoms with van der Waals surface area (Å²) in [6.07, 6.45) is 1.38. The monoisotopic (exact) mass is 303 g/mol. The zero-order valence-corrected chi connectivity index (χ0v) is 13.2. The molecule has 3 nitrogen and oxygen atoms in total. The molecule has 1 aliphatic heterocycles. The number of carbonyl (C=O) groups excluding carboxylic acids is 2. The predicted octanol–water partition coefficient (Wildman–Crippen LogP) is 3.88. The zero-order chi connectivity index (χ0) is 15.3. The maximum atomic E-state index is 12.7. The lowest BCUT2D eigenvalue weighted by molar-refractivity contribution is -0.122. The van der Waals surface area contributed by atoms with E-state index in [0.717, 1.165) is 5.56 Å². The van der Waals surface area contributed by atoms with Gasteiger partial charge in [-0.05, 0) is 51.3 Å². The van der Waals surface area contributed by atoms with Crippen molar-refractivity contribution in [1.82, 2.24) is 0 Å². The number of hydrogen-bond donors (Lipinski definition) is 0. The van der Waals surface area contributed by atoms with Gasteiger partial charge in [0, 0.05) is 5.02 Å². The fourth-order valence-electron chi connectivity index (χ4n) is 3.31. The first kappa shape index (κ1) is 14.3. The van der Waals surface area contributed by atoms with Crippen molar-refractivity contribution in [2.45, 2.75) is 33.6 Å². The van der Waals surface area contributed by atoms with Crippen molar-refractivity contribution in [3.8, 4) is 0 Å². The van der Waals surface area contributed by atoms with Crippen molar-refractivity contribution in [3.63, 3.8) is 0 Å². The van der Waals surface area contributed by atoms with Crippen LogP contribution in [-0.2, 0) is 9.59 Å². The van der Waals surface area contributed by atoms with Crippen LogP contribution in [0.1, 0.15) is 32.3 Å². The average Bonchev–Trinajstić information content (AvgIpc) is 2.66. The van der Waals surface area contributed by atoms with Crippen molar-refractivity contribution in [2.75, 3.05) is 4.90 Å². The number of fused-ring (bicyclic) bond motifs is 1. The number of carbonyl (C=O) groups is 2. The Bertz CT molecular complexity index is 645. The minimum atomic E-state index is -0.209. The Morgan fingerprint density at radius 1 is 1.00 bits per heavy atom. The fourth-order valence-corrected chi connectivity index (χ4v) is 3.48. The third kappa shape index (κ3) is 2.20. The van der Waals surface area contributed by atoms with E-state index in [1.165, 1.54) is 16.0 Å². The molecule has 0 bridgehead atoms. The lowest BCUT2D eigenvalue weighted by Crippen LogP contribution is -2.31. The van der Waals surface area contributed by atoms with E-state index >= 15 is 0 Å². The molecule has 0 aromatic heterocycles. The van der Waals surface area contributed by atoms with Crippen LogP contribution in [0.4, 0.5) is 5.69 Å². The van der Waals surface area contributed by atoms with Gasteiger partial charge in [0.15, 0.2) is 0 Å². The first-order valence-corrected chi connectivity index (χ1v) is 7.57. The van der Waals surface area contributed by atoms with E-state index in [1.54, 1.807) is 12.1 Å². The minimum Gasteiger partial charge on any atom is -0.274 e. The summed E-state index contributed by atoms with van der Waals surface area (Å²) in [4.78, 5) is 26.8. The topological polar surface area (TPSA) is 37.4 Å². The Morgan fingerprint density at radius 2 is 1.52 bits per heavy atom. The summed E-state index contributed by atoms with van der Waals surface area (Å²) in [6.45, 7) is 6.00. The average molecular weight is 304 g/mol. The Hall–Kier alpha value is -1.61. The number of anilines is 1. The van der Waals surface area contributed by atoms with Crippen molar-refractivity contribution in [1.29, 1.82) is 0 Å². The summed E-state index contributed by atoms with van der Waals surface area (Å²) in [5.74, 6) is -0.580. The van der Waals surface area contributed by atoms with Gasteiger partial charge in [0.2, 0.25) is 11.8 Å². The highest BCUT2D eigenvalue weighted by Gasteiger charge is 2.49. The molecule has 1 saturated heterocycles. The van der Waals surface area contributed by atoms with E-state index in [9.17, 15) is 9.59 Å². The van der Waals surface area contributed by atoms with Crippen molar-refractivity contribution >= 4 is 29.1 Å². The minimum absolute atomic E-state index is 0.0813. The number of hydrogen-bond acceptors (Lipinski definition) is 2. The van der Waals surface area contributed by atoms with Gasteiger partial charge in [-0.25, -0.2) is 4.90 Å². The smallest absolute Gasteiger partial charge is 0.238 e. The van der Waals surface area contributed by atoms with Gasteiger partial charge in [0.05, 0.1) is 17.5 Å². The zero-order valence-electron chi connectivity index (χ0n) is 12.4. The molecule has 2 amide bonds. The molecule has 110 valence electrons. The maximum absolute atomic E-state index is 12.7. The van der Waals surface area contributed by atoms with E-state index in [4.69, 9.17) is 11.6 Å². The van der Waals surface area contributed by atoms with Crippen molar-refractivity contribution < 1.29 is 9.59 Å². The summed E-state index contributed by atoms with van der Waals surface area (Å²) < 4.78 is 0. The molecule has 3 rings (SSSR count). The highest BCUT2D eigenvalue weighted by atomic mass is 35.5. The van der Waals surface area contributed by atoms with Gasteiger partial charge < -0.3 is 0 Å². The highest BCUT2D eigenvalue weighted by Crippen LogP contribution is 2.43. The summed E-state index contributed by atoms with van der Waals surface area (Å²) in [6, 6.07) is 5.32. The molecule has 4 heteroatoms. The summed E-state index contributed by atoms with van der Waals surface area (Å²) in [5, 5.41) is 0.538. The van der Waals surface area contributed by atoms with Crippen molar-refractivity contribution in [2.24, 2.45) is 11.8 Å². The Labute approximate surface area is 129 Å². The number of benzene rings is 1. The molecule has 1 heterocycles. The van der Waals surface area contributed by atoms with Crippen LogP contribution in [-0.4, -0.2) is 11.8 Å². The molecule has 0 spiro atoms. The van der Waals surface area contributed by atoms with Crippen LogP contribution in [0.15, 0.2) is 29.3 Å². The van der Waals surface area contributed by atoms with Gasteiger partial charge in [-0.2, -0.15) is 0 Å². The first-order valence-electron chi connectivity index (χ1n) is 7.19. The summed E-state index contributed by atoms with van der Waals surface area (Å²) >= 11 is 6.03. The van der Waals surface area contributed by atoms with Crippen LogP contribution >= 0.6 is 11.6 Å². The van der Waals surface area contributed by atoms with E-state index < -0.39 is 0 Å². The van der Waals surface area contributed by atoms with Crippen molar-refractivity contribution in [3.05, 3.63) is 39.9 Å². The molecule has 2 atom stereocenters. The molecule has 1 aliphatic carbocycles. The predicted molar refractivity (Wildman–Crippen MR) is 83.3 cm³/mol. The van der Waals surface area contributed by atoms with Crippen LogP contribution in [0.5, 0.6) is 0 Å². The maximum Gasteiger partial charge on any atom is 0.238 e. The quantitative estimate of drug-likeness (QED) is 0.583. The van der Waals surface area contributed by atoms with E-state index in [-0.39, 0.29) is 23.7 Å². The SMILES string of the molecule is CC1=C(C)CC2C(=O)N(c3cc(Cl)ccc3C)C(=O)C2C1. The molecule has 1 aromatic carbocycles. The Morgan fingerprint density at radius 3 is 2.05 bits per heavy atom. The van der Waals surface area contributed by atoms with Gasteiger partial charge in [0.1, 0.15) is 0 Å². The molecular weight excluding hydrogens is 286 g/mol. The summed E-state index contributed by atoms with van der Waals surface area (Å²) in [7, 11) is 0. The third-order valence-electron chi connectivity index (χ3n) is 4.75. The number of rotatable bonds is 1. The number of aryl methyl sites for hydroxylation is 1. The highest BCUT2D eigenvalue weighted by molar-refractivity contribution is 6.31. The Kier molecular flexibility index (Phi) is 3.40. The molecule has 21 heavy (non-hydrogen) atoms. The molecule has 1 fully saturated rings. The van der Waals surface area contributed by atoms with E-state index in [0.29, 0.717) is 23.6 Å². The number of amides is 2. The van der Waals surface area contributed by atoms with E-state index in [2.05, 4.69) is 13.8 Å². The van der Waals surface area contributed by atoms with Gasteiger partial charge in [-0.1, -0.05) is 28.8 Å². The molecule has 0 radical (unpaired) electrons. The number of allylic oxidation sites excluding steroid dienone is 2. The van der Waals surface area contributed by atoms with E-state index in [1.807, 2.05) is 13.0 Å². The molecule has 0 saturated carbocycles. The number of imide groups is 1. The lowest BCUT2D eigenvalue weighted by atomic mass is 9.78. The van der Waals surface area contributed by atoms with Gasteiger partial charge in [-0.15, -0.1) is 0 Å². The third-order valence-corrected chi connectivity index (χ3v) is 4.99. The van der Waals surface area contributed by atoms with Crippen LogP contribution in [0, 0.1) is 18.8 Å². The first-order chi connectivity index (χ1) is 9.90. The van der Waals surface area contributed by atoms with Crippen LogP contribution in [0.25, 0.3) is 0 Å². The molecular formula is C17H18ClNO2. The Balaban J connectivity index is 2.02. The van der Waals surface area contributed by atoms with Gasteiger partial charge in [-0.3, -0.25) is 9.59 Å². The number of nitrogens with zero attached hydrogens (tertiary/aromatic N) is 1. The van der Waals surface area contributed by atoms with Crippen LogP contribution < -0.4 is 4.90 Å².